The van der Waals surface area contributed by atoms with Gasteiger partial charge in [0, 0.05) is 31.1 Å². The molecule has 0 aliphatic carbocycles. The van der Waals surface area contributed by atoms with Gasteiger partial charge in [0.2, 0.25) is 0 Å². The van der Waals surface area contributed by atoms with Crippen LogP contribution < -0.4 is 0 Å². The van der Waals surface area contributed by atoms with Crippen molar-refractivity contribution in [2.75, 3.05) is 32.7 Å². The summed E-state index contributed by atoms with van der Waals surface area (Å²) in [4.78, 5) is 5.89. The summed E-state index contributed by atoms with van der Waals surface area (Å²) in [7, 11) is 0. The first-order chi connectivity index (χ1) is 7.85. The first-order valence-electron chi connectivity index (χ1n) is 5.74. The van der Waals surface area contributed by atoms with E-state index in [1.54, 1.807) is 11.3 Å². The molecule has 1 aromatic rings. The summed E-state index contributed by atoms with van der Waals surface area (Å²) in [6.45, 7) is 7.48. The lowest BCUT2D eigenvalue weighted by atomic mass is 10.2. The summed E-state index contributed by atoms with van der Waals surface area (Å²) < 4.78 is 0. The van der Waals surface area contributed by atoms with Crippen LogP contribution >= 0.6 is 11.3 Å². The number of hydrogen-bond donors (Lipinski definition) is 0. The molecule has 16 heavy (non-hydrogen) atoms. The Labute approximate surface area is 101 Å². The van der Waals surface area contributed by atoms with Crippen molar-refractivity contribution in [1.82, 2.24) is 9.80 Å². The average Bonchev–Trinajstić information content (AvgIpc) is 2.85. The van der Waals surface area contributed by atoms with Gasteiger partial charge in [0.05, 0.1) is 6.07 Å². The lowest BCUT2D eigenvalue weighted by Gasteiger charge is -2.36. The summed E-state index contributed by atoms with van der Waals surface area (Å²) in [6, 6.07) is 6.46. The fourth-order valence-electron chi connectivity index (χ4n) is 2.11. The van der Waals surface area contributed by atoms with E-state index in [0.29, 0.717) is 0 Å². The maximum atomic E-state index is 9.27. The maximum Gasteiger partial charge on any atom is 0.133 e. The van der Waals surface area contributed by atoms with Gasteiger partial charge in [-0.2, -0.15) is 5.26 Å². The van der Waals surface area contributed by atoms with E-state index in [4.69, 9.17) is 0 Å². The number of piperazine rings is 1. The normalized spacial score (nSPS) is 20.5. The molecule has 1 unspecified atom stereocenters. The van der Waals surface area contributed by atoms with Crippen LogP contribution in [0.5, 0.6) is 0 Å². The molecule has 1 aromatic heterocycles. The van der Waals surface area contributed by atoms with Crippen LogP contribution in [-0.4, -0.2) is 42.5 Å². The molecule has 0 spiro atoms. The van der Waals surface area contributed by atoms with Crippen molar-refractivity contribution in [3.05, 3.63) is 22.4 Å². The number of nitrogens with zero attached hydrogens (tertiary/aromatic N) is 3. The van der Waals surface area contributed by atoms with E-state index in [1.807, 2.05) is 11.4 Å². The first kappa shape index (κ1) is 11.6. The van der Waals surface area contributed by atoms with Gasteiger partial charge in [-0.3, -0.25) is 4.90 Å². The molecule has 2 heterocycles. The van der Waals surface area contributed by atoms with Crippen LogP contribution in [0.25, 0.3) is 0 Å². The molecule has 0 saturated carbocycles. The van der Waals surface area contributed by atoms with Crippen LogP contribution in [-0.2, 0) is 0 Å². The van der Waals surface area contributed by atoms with Crippen molar-refractivity contribution in [3.63, 3.8) is 0 Å². The molecule has 2 rings (SSSR count). The predicted octanol–water partition coefficient (Wildman–Crippen LogP) is 1.95. The summed E-state index contributed by atoms with van der Waals surface area (Å²) in [5, 5.41) is 11.3. The standard InChI is InChI=1S/C12H17N3S/c1-2-14-5-7-15(8-6-14)11(10-13)12-4-3-9-16-12/h3-4,9,11H,2,5-8H2,1H3. The third kappa shape index (κ3) is 2.43. The van der Waals surface area contributed by atoms with Crippen molar-refractivity contribution in [2.24, 2.45) is 0 Å². The molecule has 1 atom stereocenters. The van der Waals surface area contributed by atoms with Crippen LogP contribution in [0.4, 0.5) is 0 Å². The second-order valence-corrected chi connectivity index (χ2v) is 5.00. The number of thiophene rings is 1. The minimum absolute atomic E-state index is 0.0426. The SMILES string of the molecule is CCN1CCN(C(C#N)c2cccs2)CC1. The van der Waals surface area contributed by atoms with Crippen molar-refractivity contribution in [1.29, 1.82) is 5.26 Å². The molecular formula is C12H17N3S. The molecule has 1 aliphatic rings. The van der Waals surface area contributed by atoms with Crippen LogP contribution in [0.3, 0.4) is 0 Å². The predicted molar refractivity (Wildman–Crippen MR) is 66.4 cm³/mol. The third-order valence-corrected chi connectivity index (χ3v) is 4.08. The molecule has 1 fully saturated rings. The second kappa shape index (κ2) is 5.44. The topological polar surface area (TPSA) is 30.3 Å². The Morgan fingerprint density at radius 1 is 1.44 bits per heavy atom. The molecule has 0 N–H and O–H groups in total. The van der Waals surface area contributed by atoms with Gasteiger partial charge in [-0.15, -0.1) is 11.3 Å². The van der Waals surface area contributed by atoms with E-state index in [0.717, 1.165) is 32.7 Å². The van der Waals surface area contributed by atoms with Gasteiger partial charge < -0.3 is 4.90 Å². The van der Waals surface area contributed by atoms with Gasteiger partial charge in [-0.25, -0.2) is 0 Å². The summed E-state index contributed by atoms with van der Waals surface area (Å²) >= 11 is 1.68. The largest absolute Gasteiger partial charge is 0.301 e. The Kier molecular flexibility index (Phi) is 3.94. The highest BCUT2D eigenvalue weighted by Crippen LogP contribution is 2.25. The van der Waals surface area contributed by atoms with Crippen LogP contribution in [0, 0.1) is 11.3 Å². The molecule has 0 amide bonds. The van der Waals surface area contributed by atoms with Gasteiger partial charge in [0.1, 0.15) is 6.04 Å². The fraction of sp³-hybridized carbons (Fsp3) is 0.583. The van der Waals surface area contributed by atoms with Crippen LogP contribution in [0.1, 0.15) is 17.8 Å². The number of hydrogen-bond acceptors (Lipinski definition) is 4. The lowest BCUT2D eigenvalue weighted by Crippen LogP contribution is -2.47. The molecule has 0 aromatic carbocycles. The second-order valence-electron chi connectivity index (χ2n) is 4.02. The van der Waals surface area contributed by atoms with Crippen molar-refractivity contribution in [3.8, 4) is 6.07 Å². The highest BCUT2D eigenvalue weighted by molar-refractivity contribution is 7.10. The zero-order valence-corrected chi connectivity index (χ0v) is 10.4. The monoisotopic (exact) mass is 235 g/mol. The lowest BCUT2D eigenvalue weighted by molar-refractivity contribution is 0.119. The Morgan fingerprint density at radius 3 is 2.69 bits per heavy atom. The average molecular weight is 235 g/mol. The summed E-state index contributed by atoms with van der Waals surface area (Å²) in [5.41, 5.74) is 0. The summed E-state index contributed by atoms with van der Waals surface area (Å²) in [5.74, 6) is 0. The van der Waals surface area contributed by atoms with Gasteiger partial charge in [0.15, 0.2) is 0 Å². The van der Waals surface area contributed by atoms with E-state index in [2.05, 4.69) is 28.9 Å². The molecule has 3 nitrogen and oxygen atoms in total. The molecule has 4 heteroatoms. The van der Waals surface area contributed by atoms with Crippen LogP contribution in [0.15, 0.2) is 17.5 Å². The van der Waals surface area contributed by atoms with Gasteiger partial charge in [-0.1, -0.05) is 13.0 Å². The van der Waals surface area contributed by atoms with E-state index < -0.39 is 0 Å². The van der Waals surface area contributed by atoms with Gasteiger partial charge >= 0.3 is 0 Å². The highest BCUT2D eigenvalue weighted by atomic mass is 32.1. The summed E-state index contributed by atoms with van der Waals surface area (Å²) in [6.07, 6.45) is 0. The Balaban J connectivity index is 2.00. The quantitative estimate of drug-likeness (QED) is 0.802. The Bertz CT molecular complexity index is 347. The minimum Gasteiger partial charge on any atom is -0.301 e. The first-order valence-corrected chi connectivity index (χ1v) is 6.62. The fourth-order valence-corrected chi connectivity index (χ4v) is 2.91. The molecule has 1 saturated heterocycles. The van der Waals surface area contributed by atoms with Crippen molar-refractivity contribution < 1.29 is 0 Å². The van der Waals surface area contributed by atoms with Gasteiger partial charge in [0.25, 0.3) is 0 Å². The molecule has 0 radical (unpaired) electrons. The molecular weight excluding hydrogens is 218 g/mol. The van der Waals surface area contributed by atoms with E-state index in [-0.39, 0.29) is 6.04 Å². The smallest absolute Gasteiger partial charge is 0.133 e. The number of likely N-dealkylation sites (N-methyl/N-ethyl adjacent to an activating group) is 1. The number of nitriles is 1. The van der Waals surface area contributed by atoms with Crippen LogP contribution in [0.2, 0.25) is 0 Å². The zero-order valence-electron chi connectivity index (χ0n) is 9.59. The van der Waals surface area contributed by atoms with E-state index in [1.165, 1.54) is 4.88 Å². The van der Waals surface area contributed by atoms with Crippen molar-refractivity contribution >= 4 is 11.3 Å². The van der Waals surface area contributed by atoms with Crippen molar-refractivity contribution in [2.45, 2.75) is 13.0 Å². The zero-order chi connectivity index (χ0) is 11.4. The van der Waals surface area contributed by atoms with E-state index >= 15 is 0 Å². The molecule has 0 bridgehead atoms. The highest BCUT2D eigenvalue weighted by Gasteiger charge is 2.24. The minimum atomic E-state index is -0.0426. The Morgan fingerprint density at radius 2 is 2.19 bits per heavy atom. The Hall–Kier alpha value is -0.890. The molecule has 1 aliphatic heterocycles. The molecule has 86 valence electrons. The maximum absolute atomic E-state index is 9.27. The third-order valence-electron chi connectivity index (χ3n) is 3.15. The number of rotatable bonds is 3. The van der Waals surface area contributed by atoms with Gasteiger partial charge in [-0.05, 0) is 18.0 Å². The van der Waals surface area contributed by atoms with E-state index in [9.17, 15) is 5.26 Å².